The molecule has 59 valence electrons. The van der Waals surface area contributed by atoms with Crippen molar-refractivity contribution in [1.29, 1.82) is 0 Å². The first-order chi connectivity index (χ1) is 4.91. The molecule has 3 radical (unpaired) electrons. The predicted octanol–water partition coefficient (Wildman–Crippen LogP) is 3.15. The van der Waals surface area contributed by atoms with Crippen LogP contribution in [0.3, 0.4) is 0 Å². The maximum absolute atomic E-state index is 5.55. The van der Waals surface area contributed by atoms with Gasteiger partial charge in [-0.05, 0) is 0 Å². The Morgan fingerprint density at radius 3 is 1.80 bits per heavy atom. The molecule has 0 bridgehead atoms. The van der Waals surface area contributed by atoms with Crippen molar-refractivity contribution < 1.29 is 0 Å². The monoisotopic (exact) mass is 267 g/mol. The van der Waals surface area contributed by atoms with Crippen LogP contribution in [0.15, 0.2) is 0 Å². The van der Waals surface area contributed by atoms with E-state index >= 15 is 0 Å². The molecule has 0 nitrogen and oxygen atoms in total. The zero-order valence-electron chi connectivity index (χ0n) is 6.53. The van der Waals surface area contributed by atoms with Gasteiger partial charge in [-0.1, -0.05) is 0 Å². The third kappa shape index (κ3) is 9.09. The van der Waals surface area contributed by atoms with Crippen LogP contribution >= 0.6 is 11.6 Å². The fraction of sp³-hybridized carbons (Fsp3) is 1.00. The first-order valence-electron chi connectivity index (χ1n) is 4.12. The van der Waals surface area contributed by atoms with Crippen molar-refractivity contribution in [1.82, 2.24) is 0 Å². The van der Waals surface area contributed by atoms with Gasteiger partial charge in [-0.2, -0.15) is 0 Å². The van der Waals surface area contributed by atoms with E-state index in [0.29, 0.717) is 0 Å². The number of alkyl halides is 1. The molecule has 10 heavy (non-hydrogen) atoms. The van der Waals surface area contributed by atoms with E-state index in [1.54, 1.807) is 22.5 Å². The van der Waals surface area contributed by atoms with Gasteiger partial charge in [0.1, 0.15) is 0 Å². The van der Waals surface area contributed by atoms with Gasteiger partial charge in [-0.15, -0.1) is 0 Å². The average molecular weight is 266 g/mol. The second kappa shape index (κ2) is 10.1. The summed E-state index contributed by atoms with van der Waals surface area (Å²) in [5.74, 6) is 0.845. The summed E-state index contributed by atoms with van der Waals surface area (Å²) in [6, 6.07) is 0. The van der Waals surface area contributed by atoms with Gasteiger partial charge < -0.3 is 0 Å². The normalized spacial score (nSPS) is 10.2. The van der Waals surface area contributed by atoms with Crippen molar-refractivity contribution in [3.05, 3.63) is 0 Å². The maximum atomic E-state index is 5.55. The molecule has 0 saturated carbocycles. The number of hydrogen-bond donors (Lipinski definition) is 0. The minimum atomic E-state index is 0.845. The SMILES string of the molecule is ClCCCCCCC[CH2][Sn]. The van der Waals surface area contributed by atoms with Gasteiger partial charge in [0.25, 0.3) is 0 Å². The molecular formula is C8H16ClSn. The van der Waals surface area contributed by atoms with Crippen molar-refractivity contribution in [3.63, 3.8) is 0 Å². The second-order valence-corrected chi connectivity index (χ2v) is 4.37. The van der Waals surface area contributed by atoms with Crippen molar-refractivity contribution in [3.8, 4) is 0 Å². The summed E-state index contributed by atoms with van der Waals surface area (Å²) in [4.78, 5) is 0. The quantitative estimate of drug-likeness (QED) is 0.377. The van der Waals surface area contributed by atoms with Gasteiger partial charge in [-0.25, -0.2) is 0 Å². The van der Waals surface area contributed by atoms with Crippen LogP contribution in [0, 0.1) is 0 Å². The molecule has 0 aliphatic rings. The minimum absolute atomic E-state index is 0.845. The first kappa shape index (κ1) is 11.1. The molecule has 0 aromatic rings. The zero-order valence-corrected chi connectivity index (χ0v) is 10.1. The molecule has 0 aromatic heterocycles. The van der Waals surface area contributed by atoms with Crippen LogP contribution in [0.1, 0.15) is 38.5 Å². The summed E-state index contributed by atoms with van der Waals surface area (Å²) < 4.78 is 1.43. The molecule has 0 fully saturated rings. The van der Waals surface area contributed by atoms with Gasteiger partial charge in [-0.3, -0.25) is 0 Å². The molecule has 0 heterocycles. The first-order valence-corrected chi connectivity index (χ1v) is 6.67. The summed E-state index contributed by atoms with van der Waals surface area (Å²) in [5.41, 5.74) is 0. The molecular weight excluding hydrogens is 250 g/mol. The molecule has 0 aliphatic heterocycles. The van der Waals surface area contributed by atoms with E-state index in [9.17, 15) is 0 Å². The van der Waals surface area contributed by atoms with Gasteiger partial charge in [0.15, 0.2) is 0 Å². The molecule has 2 heteroatoms. The fourth-order valence-electron chi connectivity index (χ4n) is 0.927. The van der Waals surface area contributed by atoms with Crippen LogP contribution in [-0.4, -0.2) is 28.4 Å². The van der Waals surface area contributed by atoms with Gasteiger partial charge in [0.2, 0.25) is 0 Å². The second-order valence-electron chi connectivity index (χ2n) is 2.56. The van der Waals surface area contributed by atoms with Gasteiger partial charge >= 0.3 is 83.0 Å². The molecule has 0 unspecified atom stereocenters. The average Bonchev–Trinajstić information content (AvgIpc) is 1.97. The van der Waals surface area contributed by atoms with E-state index < -0.39 is 0 Å². The Bertz CT molecular complexity index is 49.2. The summed E-state index contributed by atoms with van der Waals surface area (Å²) in [7, 11) is 0. The van der Waals surface area contributed by atoms with Crippen molar-refractivity contribution in [2.24, 2.45) is 0 Å². The topological polar surface area (TPSA) is 0 Å². The molecule has 0 saturated heterocycles. The van der Waals surface area contributed by atoms with E-state index in [-0.39, 0.29) is 0 Å². The number of hydrogen-bond acceptors (Lipinski definition) is 0. The van der Waals surface area contributed by atoms with Crippen LogP contribution in [0.4, 0.5) is 0 Å². The Balaban J connectivity index is 2.65. The number of unbranched alkanes of at least 4 members (excludes halogenated alkanes) is 5. The Morgan fingerprint density at radius 1 is 0.800 bits per heavy atom. The van der Waals surface area contributed by atoms with E-state index in [4.69, 9.17) is 11.6 Å². The molecule has 0 aliphatic carbocycles. The van der Waals surface area contributed by atoms with Crippen molar-refractivity contribution in [2.75, 3.05) is 5.88 Å². The standard InChI is InChI=1S/C8H16Cl.Sn/c1-2-3-4-5-6-7-8-9;/h1-8H2;. The van der Waals surface area contributed by atoms with Crippen molar-refractivity contribution >= 4 is 34.1 Å². The van der Waals surface area contributed by atoms with Gasteiger partial charge in [0.05, 0.1) is 0 Å². The molecule has 0 aromatic carbocycles. The Hall–Kier alpha value is 1.09. The van der Waals surface area contributed by atoms with Crippen LogP contribution in [0.5, 0.6) is 0 Å². The summed E-state index contributed by atoms with van der Waals surface area (Å²) in [6.07, 6.45) is 8.24. The molecule has 0 spiro atoms. The molecule has 0 rings (SSSR count). The summed E-state index contributed by atoms with van der Waals surface area (Å²) in [6.45, 7) is 0. The zero-order chi connectivity index (χ0) is 7.66. The number of rotatable bonds is 7. The van der Waals surface area contributed by atoms with Crippen molar-refractivity contribution in [2.45, 2.75) is 43.0 Å². The van der Waals surface area contributed by atoms with Crippen LogP contribution in [-0.2, 0) is 0 Å². The third-order valence-corrected chi connectivity index (χ3v) is 2.84. The Kier molecular flexibility index (Phi) is 11.2. The predicted molar refractivity (Wildman–Crippen MR) is 49.0 cm³/mol. The van der Waals surface area contributed by atoms with Gasteiger partial charge in [0, 0.05) is 0 Å². The van der Waals surface area contributed by atoms with Crippen LogP contribution in [0.25, 0.3) is 0 Å². The molecule has 0 atom stereocenters. The van der Waals surface area contributed by atoms with E-state index in [1.807, 2.05) is 0 Å². The Morgan fingerprint density at radius 2 is 1.30 bits per heavy atom. The molecule has 0 N–H and O–H groups in total. The Labute approximate surface area is 82.8 Å². The van der Waals surface area contributed by atoms with Crippen LogP contribution < -0.4 is 0 Å². The van der Waals surface area contributed by atoms with E-state index in [1.165, 1.54) is 43.0 Å². The summed E-state index contributed by atoms with van der Waals surface area (Å²) >= 11 is 7.24. The third-order valence-electron chi connectivity index (χ3n) is 1.56. The molecule has 0 amide bonds. The van der Waals surface area contributed by atoms with E-state index in [2.05, 4.69) is 0 Å². The van der Waals surface area contributed by atoms with E-state index in [0.717, 1.165) is 5.88 Å². The summed E-state index contributed by atoms with van der Waals surface area (Å²) in [5, 5.41) is 0. The fourth-order valence-corrected chi connectivity index (χ4v) is 1.83. The van der Waals surface area contributed by atoms with Crippen LogP contribution in [0.2, 0.25) is 4.44 Å². The number of halogens is 1.